The maximum Gasteiger partial charge on any atom is 0.337 e. The number of fused-ring (bicyclic) bond motifs is 1. The molecular weight excluding hydrogens is 320 g/mol. The highest BCUT2D eigenvalue weighted by atomic mass is 16.5. The van der Waals surface area contributed by atoms with Crippen molar-refractivity contribution in [2.75, 3.05) is 14.2 Å². The average Bonchev–Trinajstić information content (AvgIpc) is 3.09. The summed E-state index contributed by atoms with van der Waals surface area (Å²) in [6.07, 6.45) is 0. The third-order valence-electron chi connectivity index (χ3n) is 4.01. The van der Waals surface area contributed by atoms with Crippen LogP contribution in [0.3, 0.4) is 0 Å². The fourth-order valence-electron chi connectivity index (χ4n) is 2.72. The van der Waals surface area contributed by atoms with Crippen molar-refractivity contribution in [2.45, 2.75) is 6.54 Å². The van der Waals surface area contributed by atoms with Crippen molar-refractivity contribution in [3.05, 3.63) is 59.2 Å². The van der Waals surface area contributed by atoms with Gasteiger partial charge < -0.3 is 20.2 Å². The number of H-pyrrole nitrogens is 1. The summed E-state index contributed by atoms with van der Waals surface area (Å²) >= 11 is 0. The Labute approximate surface area is 144 Å². The minimum atomic E-state index is -0.520. The van der Waals surface area contributed by atoms with Crippen LogP contribution in [0.15, 0.2) is 42.5 Å². The summed E-state index contributed by atoms with van der Waals surface area (Å²) in [6, 6.07) is 12.7. The van der Waals surface area contributed by atoms with E-state index in [0.29, 0.717) is 12.1 Å². The molecule has 6 heteroatoms. The molecule has 0 atom stereocenters. The molecule has 0 saturated carbocycles. The number of nitrogens with two attached hydrogens (primary N) is 1. The van der Waals surface area contributed by atoms with Gasteiger partial charge in [-0.05, 0) is 47.5 Å². The molecule has 3 rings (SSSR count). The maximum atomic E-state index is 11.9. The van der Waals surface area contributed by atoms with Gasteiger partial charge in [-0.2, -0.15) is 0 Å². The van der Waals surface area contributed by atoms with Gasteiger partial charge in [0.2, 0.25) is 0 Å². The number of benzene rings is 2. The first-order valence-electron chi connectivity index (χ1n) is 7.69. The van der Waals surface area contributed by atoms with Crippen LogP contribution in [0.4, 0.5) is 0 Å². The van der Waals surface area contributed by atoms with Gasteiger partial charge in [0.05, 0.1) is 25.3 Å². The Morgan fingerprint density at radius 3 is 2.16 bits per heavy atom. The van der Waals surface area contributed by atoms with Crippen molar-refractivity contribution in [3.63, 3.8) is 0 Å². The number of esters is 2. The Morgan fingerprint density at radius 1 is 0.960 bits per heavy atom. The van der Waals surface area contributed by atoms with Gasteiger partial charge >= 0.3 is 11.9 Å². The lowest BCUT2D eigenvalue weighted by atomic mass is 10.0. The molecule has 6 nitrogen and oxygen atoms in total. The zero-order valence-corrected chi connectivity index (χ0v) is 14.0. The van der Waals surface area contributed by atoms with Crippen LogP contribution >= 0.6 is 0 Å². The monoisotopic (exact) mass is 338 g/mol. The molecule has 0 aliphatic heterocycles. The van der Waals surface area contributed by atoms with Gasteiger partial charge in [-0.1, -0.05) is 6.07 Å². The lowest BCUT2D eigenvalue weighted by Crippen LogP contribution is -2.07. The molecule has 0 saturated heterocycles. The lowest BCUT2D eigenvalue weighted by molar-refractivity contribution is 0.0599. The van der Waals surface area contributed by atoms with Crippen LogP contribution in [-0.4, -0.2) is 31.1 Å². The van der Waals surface area contributed by atoms with Gasteiger partial charge in [0.15, 0.2) is 0 Å². The normalized spacial score (nSPS) is 10.7. The molecule has 0 bridgehead atoms. The fraction of sp³-hybridized carbons (Fsp3) is 0.158. The van der Waals surface area contributed by atoms with Crippen LogP contribution in [0.1, 0.15) is 26.3 Å². The first-order valence-corrected chi connectivity index (χ1v) is 7.69. The molecule has 0 aliphatic rings. The first-order chi connectivity index (χ1) is 12.0. The van der Waals surface area contributed by atoms with E-state index in [2.05, 4.69) is 4.98 Å². The summed E-state index contributed by atoms with van der Waals surface area (Å²) in [4.78, 5) is 27.1. The van der Waals surface area contributed by atoms with Crippen LogP contribution < -0.4 is 5.73 Å². The van der Waals surface area contributed by atoms with Crippen LogP contribution in [0, 0.1) is 0 Å². The summed E-state index contributed by atoms with van der Waals surface area (Å²) in [5.74, 6) is -1.04. The molecule has 0 unspecified atom stereocenters. The number of aromatic nitrogens is 1. The smallest absolute Gasteiger partial charge is 0.337 e. The summed E-state index contributed by atoms with van der Waals surface area (Å²) in [7, 11) is 2.59. The average molecular weight is 338 g/mol. The Bertz CT molecular complexity index is 925. The van der Waals surface area contributed by atoms with E-state index in [-0.39, 0.29) is 11.1 Å². The van der Waals surface area contributed by atoms with E-state index in [4.69, 9.17) is 15.2 Å². The second kappa shape index (κ2) is 6.78. The molecule has 25 heavy (non-hydrogen) atoms. The minimum Gasteiger partial charge on any atom is -0.465 e. The van der Waals surface area contributed by atoms with E-state index >= 15 is 0 Å². The molecule has 3 aromatic rings. The zero-order chi connectivity index (χ0) is 18.0. The van der Waals surface area contributed by atoms with Crippen molar-refractivity contribution >= 4 is 22.8 Å². The molecule has 0 fully saturated rings. The number of aromatic amines is 1. The number of hydrogen-bond acceptors (Lipinski definition) is 5. The van der Waals surface area contributed by atoms with Gasteiger partial charge in [-0.15, -0.1) is 0 Å². The summed E-state index contributed by atoms with van der Waals surface area (Å²) < 4.78 is 9.54. The molecule has 3 N–H and O–H groups in total. The molecule has 0 aliphatic carbocycles. The lowest BCUT2D eigenvalue weighted by Gasteiger charge is -2.07. The highest BCUT2D eigenvalue weighted by Gasteiger charge is 2.15. The SMILES string of the molecule is COC(=O)c1cc(C(=O)OC)cc(-c2cc3cc(CN)ccc3[nH]2)c1. The van der Waals surface area contributed by atoms with Crippen molar-refractivity contribution in [1.29, 1.82) is 0 Å². The predicted molar refractivity (Wildman–Crippen MR) is 94.3 cm³/mol. The second-order valence-electron chi connectivity index (χ2n) is 5.59. The Kier molecular flexibility index (Phi) is 4.54. The summed E-state index contributed by atoms with van der Waals surface area (Å²) in [5.41, 5.74) is 9.67. The van der Waals surface area contributed by atoms with Crippen LogP contribution in [-0.2, 0) is 16.0 Å². The van der Waals surface area contributed by atoms with Crippen LogP contribution in [0.2, 0.25) is 0 Å². The number of methoxy groups -OCH3 is 2. The van der Waals surface area contributed by atoms with Crippen LogP contribution in [0.5, 0.6) is 0 Å². The number of carbonyl (C=O) groups excluding carboxylic acids is 2. The van der Waals surface area contributed by atoms with E-state index in [1.54, 1.807) is 12.1 Å². The van der Waals surface area contributed by atoms with E-state index in [9.17, 15) is 9.59 Å². The second-order valence-corrected chi connectivity index (χ2v) is 5.59. The third kappa shape index (κ3) is 3.25. The van der Waals surface area contributed by atoms with Crippen molar-refractivity contribution in [3.8, 4) is 11.3 Å². The first kappa shape index (κ1) is 16.7. The summed E-state index contributed by atoms with van der Waals surface area (Å²) in [6.45, 7) is 0.459. The quantitative estimate of drug-likeness (QED) is 0.713. The minimum absolute atomic E-state index is 0.279. The molecule has 0 spiro atoms. The highest BCUT2D eigenvalue weighted by Crippen LogP contribution is 2.27. The predicted octanol–water partition coefficient (Wildman–Crippen LogP) is 2.87. The molecule has 0 radical (unpaired) electrons. The number of rotatable bonds is 4. The molecular formula is C19H18N2O4. The van der Waals surface area contributed by atoms with Crippen molar-refractivity contribution in [2.24, 2.45) is 5.73 Å². The molecule has 2 aromatic carbocycles. The van der Waals surface area contributed by atoms with E-state index in [1.165, 1.54) is 20.3 Å². The topological polar surface area (TPSA) is 94.4 Å². The zero-order valence-electron chi connectivity index (χ0n) is 14.0. The number of hydrogen-bond donors (Lipinski definition) is 2. The molecule has 128 valence electrons. The van der Waals surface area contributed by atoms with E-state index < -0.39 is 11.9 Å². The van der Waals surface area contributed by atoms with Gasteiger partial charge in [0.1, 0.15) is 0 Å². The highest BCUT2D eigenvalue weighted by molar-refractivity contribution is 5.98. The number of ether oxygens (including phenoxy) is 2. The molecule has 0 amide bonds. The number of nitrogens with one attached hydrogen (secondary N) is 1. The Hall–Kier alpha value is -3.12. The van der Waals surface area contributed by atoms with E-state index in [0.717, 1.165) is 22.2 Å². The standard InChI is InChI=1S/C19H18N2O4/c1-24-18(22)14-6-13(7-15(8-14)19(23)25-2)17-9-12-5-11(10-20)3-4-16(12)21-17/h3-9,21H,10,20H2,1-2H3. The number of carbonyl (C=O) groups is 2. The van der Waals surface area contributed by atoms with Gasteiger partial charge in [-0.25, -0.2) is 9.59 Å². The third-order valence-corrected chi connectivity index (χ3v) is 4.01. The van der Waals surface area contributed by atoms with Gasteiger partial charge in [0, 0.05) is 23.1 Å². The maximum absolute atomic E-state index is 11.9. The molecule has 1 aromatic heterocycles. The van der Waals surface area contributed by atoms with Crippen molar-refractivity contribution in [1.82, 2.24) is 4.98 Å². The van der Waals surface area contributed by atoms with Gasteiger partial charge in [-0.3, -0.25) is 0 Å². The van der Waals surface area contributed by atoms with E-state index in [1.807, 2.05) is 24.3 Å². The van der Waals surface area contributed by atoms with Gasteiger partial charge in [0.25, 0.3) is 0 Å². The molecule has 1 heterocycles. The van der Waals surface area contributed by atoms with Crippen molar-refractivity contribution < 1.29 is 19.1 Å². The fourth-order valence-corrected chi connectivity index (χ4v) is 2.72. The van der Waals surface area contributed by atoms with Crippen LogP contribution in [0.25, 0.3) is 22.2 Å². The summed E-state index contributed by atoms with van der Waals surface area (Å²) in [5, 5.41) is 1.00. The Morgan fingerprint density at radius 2 is 1.60 bits per heavy atom. The largest absolute Gasteiger partial charge is 0.465 e. The Balaban J connectivity index is 2.14.